The number of carbonyl (C=O) groups is 1. The summed E-state index contributed by atoms with van der Waals surface area (Å²) in [5.41, 5.74) is 3.33. The number of carbonyl (C=O) groups excluding carboxylic acids is 1. The third-order valence-electron chi connectivity index (χ3n) is 5.65. The van der Waals surface area contributed by atoms with Crippen molar-refractivity contribution in [2.24, 2.45) is 0 Å². The molecule has 0 radical (unpaired) electrons. The Kier molecular flexibility index (Phi) is 4.63. The van der Waals surface area contributed by atoms with Gasteiger partial charge in [-0.2, -0.15) is 0 Å². The summed E-state index contributed by atoms with van der Waals surface area (Å²) in [5, 5.41) is 2.26. The summed E-state index contributed by atoms with van der Waals surface area (Å²) >= 11 is 1.84. The van der Waals surface area contributed by atoms with Crippen molar-refractivity contribution in [3.8, 4) is 0 Å². The number of likely N-dealkylation sites (N-methyl/N-ethyl adjacent to an activating group) is 1. The smallest absolute Gasteiger partial charge is 0.238 e. The van der Waals surface area contributed by atoms with Crippen LogP contribution in [0.1, 0.15) is 28.8 Å². The van der Waals surface area contributed by atoms with Gasteiger partial charge in [0.2, 0.25) is 5.91 Å². The van der Waals surface area contributed by atoms with Gasteiger partial charge in [-0.3, -0.25) is 9.69 Å². The first-order valence-corrected chi connectivity index (χ1v) is 10.2. The second-order valence-corrected chi connectivity index (χ2v) is 8.93. The highest BCUT2D eigenvalue weighted by Gasteiger charge is 2.51. The highest BCUT2D eigenvalue weighted by atomic mass is 32.1. The molecule has 1 atom stereocenters. The molecule has 0 saturated carbocycles. The molecule has 138 valence electrons. The zero-order valence-corrected chi connectivity index (χ0v) is 16.7. The average Bonchev–Trinajstić information content (AvgIpc) is 3.13. The number of benzene rings is 1. The Bertz CT molecular complexity index is 815. The van der Waals surface area contributed by atoms with Gasteiger partial charge in [-0.15, -0.1) is 11.3 Å². The van der Waals surface area contributed by atoms with Gasteiger partial charge in [0.15, 0.2) is 0 Å². The van der Waals surface area contributed by atoms with E-state index in [4.69, 9.17) is 0 Å². The molecule has 1 saturated heterocycles. The number of amides is 1. The number of nitrogens with zero attached hydrogens (tertiary/aromatic N) is 3. The molecule has 0 N–H and O–H groups in total. The largest absolute Gasteiger partial charge is 0.314 e. The van der Waals surface area contributed by atoms with Gasteiger partial charge in [-0.1, -0.05) is 18.2 Å². The Labute approximate surface area is 160 Å². The molecule has 26 heavy (non-hydrogen) atoms. The van der Waals surface area contributed by atoms with E-state index in [2.05, 4.69) is 53.5 Å². The summed E-state index contributed by atoms with van der Waals surface area (Å²) in [6.45, 7) is 3.83. The van der Waals surface area contributed by atoms with Crippen LogP contribution in [0.3, 0.4) is 0 Å². The van der Waals surface area contributed by atoms with Crippen molar-refractivity contribution in [1.29, 1.82) is 0 Å². The molecular weight excluding hydrogens is 342 g/mol. The van der Waals surface area contributed by atoms with Gasteiger partial charge in [-0.25, -0.2) is 0 Å². The van der Waals surface area contributed by atoms with Crippen LogP contribution < -0.4 is 4.90 Å². The summed E-state index contributed by atoms with van der Waals surface area (Å²) < 4.78 is 0. The highest BCUT2D eigenvalue weighted by Crippen LogP contribution is 2.46. The fourth-order valence-corrected chi connectivity index (χ4v) is 5.49. The van der Waals surface area contributed by atoms with E-state index in [0.29, 0.717) is 0 Å². The molecular formula is C21H27N3OS. The van der Waals surface area contributed by atoms with Crippen molar-refractivity contribution in [2.75, 3.05) is 39.1 Å². The molecule has 2 aromatic rings. The van der Waals surface area contributed by atoms with E-state index in [9.17, 15) is 4.79 Å². The van der Waals surface area contributed by atoms with Gasteiger partial charge >= 0.3 is 0 Å². The second-order valence-electron chi connectivity index (χ2n) is 7.94. The summed E-state index contributed by atoms with van der Waals surface area (Å²) in [7, 11) is 6.12. The number of thiophene rings is 1. The van der Waals surface area contributed by atoms with Crippen molar-refractivity contribution in [2.45, 2.75) is 31.3 Å². The van der Waals surface area contributed by atoms with Gasteiger partial charge in [0.25, 0.3) is 0 Å². The average molecular weight is 370 g/mol. The van der Waals surface area contributed by atoms with E-state index in [1.807, 2.05) is 29.4 Å². The summed E-state index contributed by atoms with van der Waals surface area (Å²) in [6, 6.07) is 10.6. The first-order valence-electron chi connectivity index (χ1n) is 9.31. The molecule has 2 aliphatic heterocycles. The third-order valence-corrected chi connectivity index (χ3v) is 6.62. The number of fused-ring (bicyclic) bond motifs is 2. The van der Waals surface area contributed by atoms with Crippen LogP contribution in [0.15, 0.2) is 35.7 Å². The van der Waals surface area contributed by atoms with Crippen LogP contribution in [0, 0.1) is 0 Å². The molecule has 1 aromatic heterocycles. The number of hydrogen-bond acceptors (Lipinski definition) is 4. The molecule has 3 heterocycles. The molecule has 4 rings (SSSR count). The molecule has 1 fully saturated rings. The maximum atomic E-state index is 13.2. The molecule has 0 aliphatic carbocycles. The molecule has 0 bridgehead atoms. The SMILES string of the molecule is CN(C)Cc1csc(CN2CCC[C@]3(C2)C(=O)N(C)c2ccccc23)c1. The van der Waals surface area contributed by atoms with Crippen molar-refractivity contribution >= 4 is 22.9 Å². The summed E-state index contributed by atoms with van der Waals surface area (Å²) in [6.07, 6.45) is 2.03. The molecule has 1 amide bonds. The third kappa shape index (κ3) is 2.98. The van der Waals surface area contributed by atoms with Crippen LogP contribution in [0.4, 0.5) is 5.69 Å². The fraction of sp³-hybridized carbons (Fsp3) is 0.476. The van der Waals surface area contributed by atoms with E-state index in [0.717, 1.165) is 44.7 Å². The van der Waals surface area contributed by atoms with E-state index < -0.39 is 0 Å². The van der Waals surface area contributed by atoms with Crippen molar-refractivity contribution in [3.05, 3.63) is 51.7 Å². The monoisotopic (exact) mass is 369 g/mol. The lowest BCUT2D eigenvalue weighted by Crippen LogP contribution is -2.51. The Morgan fingerprint density at radius 1 is 1.27 bits per heavy atom. The number of piperidine rings is 1. The predicted octanol–water partition coefficient (Wildman–Crippen LogP) is 3.32. The predicted molar refractivity (Wildman–Crippen MR) is 108 cm³/mol. The standard InChI is InChI=1S/C21H27N3OS/c1-22(2)12-16-11-17(26-14-16)13-24-10-6-9-21(15-24)18-7-4-5-8-19(18)23(3)20(21)25/h4-5,7-8,11,14H,6,9-10,12-13,15H2,1-3H3/t21-/m1/s1. The summed E-state index contributed by atoms with van der Waals surface area (Å²) in [4.78, 5) is 21.1. The zero-order chi connectivity index (χ0) is 18.3. The Balaban J connectivity index is 1.55. The van der Waals surface area contributed by atoms with Gasteiger partial charge in [0, 0.05) is 37.2 Å². The minimum atomic E-state index is -0.354. The minimum absolute atomic E-state index is 0.267. The first-order chi connectivity index (χ1) is 12.5. The number of rotatable bonds is 4. The maximum absolute atomic E-state index is 13.2. The van der Waals surface area contributed by atoms with Crippen LogP contribution in [0.5, 0.6) is 0 Å². The van der Waals surface area contributed by atoms with Crippen LogP contribution >= 0.6 is 11.3 Å². The number of likely N-dealkylation sites (tertiary alicyclic amines) is 1. The Morgan fingerprint density at radius 2 is 2.08 bits per heavy atom. The van der Waals surface area contributed by atoms with Gasteiger partial charge in [0.05, 0.1) is 5.41 Å². The zero-order valence-electron chi connectivity index (χ0n) is 15.9. The number of anilines is 1. The molecule has 4 nitrogen and oxygen atoms in total. The van der Waals surface area contributed by atoms with E-state index in [-0.39, 0.29) is 11.3 Å². The summed E-state index contributed by atoms with van der Waals surface area (Å²) in [5.74, 6) is 0.267. The number of hydrogen-bond donors (Lipinski definition) is 0. The van der Waals surface area contributed by atoms with Crippen LogP contribution in [0.25, 0.3) is 0 Å². The second kappa shape index (κ2) is 6.80. The topological polar surface area (TPSA) is 26.8 Å². The lowest BCUT2D eigenvalue weighted by atomic mass is 9.75. The number of para-hydroxylation sites is 1. The maximum Gasteiger partial charge on any atom is 0.238 e. The van der Waals surface area contributed by atoms with Gasteiger partial charge < -0.3 is 9.80 Å². The highest BCUT2D eigenvalue weighted by molar-refractivity contribution is 7.10. The van der Waals surface area contributed by atoms with Crippen molar-refractivity contribution in [3.63, 3.8) is 0 Å². The normalized spacial score (nSPS) is 23.2. The van der Waals surface area contributed by atoms with E-state index in [1.54, 1.807) is 0 Å². The fourth-order valence-electron chi connectivity index (χ4n) is 4.57. The molecule has 5 heteroatoms. The van der Waals surface area contributed by atoms with Gasteiger partial charge in [-0.05, 0) is 62.1 Å². The van der Waals surface area contributed by atoms with Crippen LogP contribution in [-0.4, -0.2) is 49.9 Å². The lowest BCUT2D eigenvalue weighted by molar-refractivity contribution is -0.125. The van der Waals surface area contributed by atoms with Crippen LogP contribution in [-0.2, 0) is 23.3 Å². The molecule has 1 spiro atoms. The minimum Gasteiger partial charge on any atom is -0.314 e. The molecule has 2 aliphatic rings. The molecule has 0 unspecified atom stereocenters. The van der Waals surface area contributed by atoms with Crippen molar-refractivity contribution in [1.82, 2.24) is 9.80 Å². The van der Waals surface area contributed by atoms with Gasteiger partial charge in [0.1, 0.15) is 0 Å². The lowest BCUT2D eigenvalue weighted by Gasteiger charge is -2.39. The van der Waals surface area contributed by atoms with Crippen molar-refractivity contribution < 1.29 is 4.79 Å². The first kappa shape index (κ1) is 17.7. The molecule has 1 aromatic carbocycles. The van der Waals surface area contributed by atoms with Crippen LogP contribution in [0.2, 0.25) is 0 Å². The van der Waals surface area contributed by atoms with E-state index >= 15 is 0 Å². The Hall–Kier alpha value is -1.69. The quantitative estimate of drug-likeness (QED) is 0.827. The van der Waals surface area contributed by atoms with E-state index in [1.165, 1.54) is 16.0 Å². The Morgan fingerprint density at radius 3 is 2.88 bits per heavy atom.